The molecule has 1 unspecified atom stereocenters. The van der Waals surface area contributed by atoms with Crippen LogP contribution in [-0.2, 0) is 0 Å². The van der Waals surface area contributed by atoms with Crippen molar-refractivity contribution >= 4 is 0 Å². The molecule has 1 saturated carbocycles. The highest BCUT2D eigenvalue weighted by Crippen LogP contribution is 2.32. The molecule has 1 rings (SSSR count). The summed E-state index contributed by atoms with van der Waals surface area (Å²) in [6, 6.07) is 0. The molecule has 1 fully saturated rings. The number of terminal acetylenes is 1. The van der Waals surface area contributed by atoms with Crippen LogP contribution in [0.3, 0.4) is 0 Å². The molecule has 1 aliphatic rings. The van der Waals surface area contributed by atoms with Gasteiger partial charge in [-0.05, 0) is 43.4 Å². The molecule has 0 aliphatic heterocycles. The SMILES string of the molecule is C#CC#CCCCC1[CH]C1. The lowest BCUT2D eigenvalue weighted by atomic mass is 10.2. The van der Waals surface area contributed by atoms with Gasteiger partial charge in [0.2, 0.25) is 0 Å². The predicted octanol–water partition coefficient (Wildman–Crippen LogP) is 2.02. The van der Waals surface area contributed by atoms with E-state index >= 15 is 0 Å². The molecule has 1 radical (unpaired) electrons. The van der Waals surface area contributed by atoms with Crippen LogP contribution in [0, 0.1) is 36.5 Å². The molecule has 51 valence electrons. The van der Waals surface area contributed by atoms with E-state index in [1.165, 1.54) is 19.3 Å². The number of hydrogen-bond donors (Lipinski definition) is 0. The van der Waals surface area contributed by atoms with Crippen LogP contribution in [0.1, 0.15) is 25.7 Å². The Morgan fingerprint density at radius 3 is 3.00 bits per heavy atom. The number of hydrogen-bond acceptors (Lipinski definition) is 0. The number of unbranched alkanes of at least 4 members (excludes halogenated alkanes) is 1. The molecule has 0 heteroatoms. The van der Waals surface area contributed by atoms with Gasteiger partial charge in [-0.25, -0.2) is 0 Å². The minimum absolute atomic E-state index is 0.910. The van der Waals surface area contributed by atoms with E-state index in [0.29, 0.717) is 0 Å². The molecule has 0 aromatic rings. The molecule has 0 bridgehead atoms. The normalized spacial score (nSPS) is 15.1. The standard InChI is InChI=1S/C10H11/c1-2-3-4-5-6-7-10-8-9-10/h1,8,10H,5-7,9H2. The van der Waals surface area contributed by atoms with Crippen LogP contribution in [0.5, 0.6) is 0 Å². The fraction of sp³-hybridized carbons (Fsp3) is 0.500. The lowest BCUT2D eigenvalue weighted by molar-refractivity contribution is 0.697. The molecule has 0 amide bonds. The Bertz CT molecular complexity index is 180. The van der Waals surface area contributed by atoms with Gasteiger partial charge in [-0.15, -0.1) is 6.42 Å². The van der Waals surface area contributed by atoms with E-state index in [1.54, 1.807) is 0 Å². The molecule has 1 atom stereocenters. The van der Waals surface area contributed by atoms with Crippen LogP contribution in [0.4, 0.5) is 0 Å². The average molecular weight is 131 g/mol. The molecule has 0 N–H and O–H groups in total. The second-order valence-corrected chi connectivity index (χ2v) is 2.57. The van der Waals surface area contributed by atoms with Crippen molar-refractivity contribution in [1.82, 2.24) is 0 Å². The van der Waals surface area contributed by atoms with Crippen molar-refractivity contribution in [2.24, 2.45) is 5.92 Å². The van der Waals surface area contributed by atoms with E-state index in [1.807, 2.05) is 0 Å². The molecule has 0 heterocycles. The zero-order valence-corrected chi connectivity index (χ0v) is 6.06. The van der Waals surface area contributed by atoms with Crippen molar-refractivity contribution in [2.75, 3.05) is 0 Å². The molecule has 1 aliphatic carbocycles. The minimum Gasteiger partial charge on any atom is -0.106 e. The van der Waals surface area contributed by atoms with Gasteiger partial charge >= 0.3 is 0 Å². The van der Waals surface area contributed by atoms with E-state index in [2.05, 4.69) is 24.2 Å². The van der Waals surface area contributed by atoms with E-state index in [9.17, 15) is 0 Å². The van der Waals surface area contributed by atoms with Gasteiger partial charge in [0.1, 0.15) is 0 Å². The Morgan fingerprint density at radius 2 is 2.40 bits per heavy atom. The quantitative estimate of drug-likeness (QED) is 0.406. The van der Waals surface area contributed by atoms with Gasteiger partial charge < -0.3 is 0 Å². The van der Waals surface area contributed by atoms with Gasteiger partial charge in [-0.2, -0.15) is 0 Å². The average Bonchev–Trinajstić information content (AvgIpc) is 2.71. The zero-order valence-electron chi connectivity index (χ0n) is 6.06. The van der Waals surface area contributed by atoms with Crippen molar-refractivity contribution < 1.29 is 0 Å². The first kappa shape index (κ1) is 7.23. The van der Waals surface area contributed by atoms with Gasteiger partial charge in [0, 0.05) is 6.42 Å². The first-order valence-corrected chi connectivity index (χ1v) is 3.70. The van der Waals surface area contributed by atoms with Gasteiger partial charge in [-0.1, -0.05) is 5.92 Å². The molecular weight excluding hydrogens is 120 g/mol. The Kier molecular flexibility index (Phi) is 2.91. The summed E-state index contributed by atoms with van der Waals surface area (Å²) in [5.74, 6) is 8.74. The van der Waals surface area contributed by atoms with Gasteiger partial charge in [0.05, 0.1) is 0 Å². The molecule has 0 aromatic heterocycles. The largest absolute Gasteiger partial charge is 0.106 e. The van der Waals surface area contributed by atoms with Crippen LogP contribution in [0.2, 0.25) is 0 Å². The second kappa shape index (κ2) is 4.02. The topological polar surface area (TPSA) is 0 Å². The van der Waals surface area contributed by atoms with Crippen LogP contribution >= 0.6 is 0 Å². The molecular formula is C10H11. The summed E-state index contributed by atoms with van der Waals surface area (Å²) in [4.78, 5) is 0. The van der Waals surface area contributed by atoms with Crippen LogP contribution in [-0.4, -0.2) is 0 Å². The summed E-state index contributed by atoms with van der Waals surface area (Å²) in [6.45, 7) is 0. The Morgan fingerprint density at radius 1 is 1.60 bits per heavy atom. The summed E-state index contributed by atoms with van der Waals surface area (Å²) in [5, 5.41) is 0. The Hall–Kier alpha value is -0.880. The Balaban J connectivity index is 1.90. The number of rotatable bonds is 3. The fourth-order valence-electron chi connectivity index (χ4n) is 0.898. The fourth-order valence-corrected chi connectivity index (χ4v) is 0.898. The third kappa shape index (κ3) is 3.21. The van der Waals surface area contributed by atoms with Gasteiger partial charge in [-0.3, -0.25) is 0 Å². The summed E-state index contributed by atoms with van der Waals surface area (Å²) in [5.41, 5.74) is 0. The van der Waals surface area contributed by atoms with Crippen molar-refractivity contribution in [3.8, 4) is 24.2 Å². The van der Waals surface area contributed by atoms with Crippen molar-refractivity contribution in [1.29, 1.82) is 0 Å². The van der Waals surface area contributed by atoms with E-state index < -0.39 is 0 Å². The third-order valence-electron chi connectivity index (χ3n) is 1.61. The van der Waals surface area contributed by atoms with Crippen LogP contribution in [0.15, 0.2) is 0 Å². The first-order chi connectivity index (χ1) is 4.93. The zero-order chi connectivity index (χ0) is 7.23. The molecule has 0 aromatic carbocycles. The smallest absolute Gasteiger partial charge is 0.00990 e. The van der Waals surface area contributed by atoms with E-state index in [0.717, 1.165) is 12.3 Å². The maximum atomic E-state index is 4.95. The lowest BCUT2D eigenvalue weighted by Crippen LogP contribution is -1.75. The molecule has 10 heavy (non-hydrogen) atoms. The molecule has 0 saturated heterocycles. The lowest BCUT2D eigenvalue weighted by Gasteiger charge is -1.88. The van der Waals surface area contributed by atoms with Gasteiger partial charge in [0.15, 0.2) is 0 Å². The highest BCUT2D eigenvalue weighted by Gasteiger charge is 2.20. The van der Waals surface area contributed by atoms with Crippen molar-refractivity contribution in [3.63, 3.8) is 0 Å². The predicted molar refractivity (Wildman–Crippen MR) is 42.9 cm³/mol. The second-order valence-electron chi connectivity index (χ2n) is 2.57. The molecule has 0 spiro atoms. The first-order valence-electron chi connectivity index (χ1n) is 3.70. The highest BCUT2D eigenvalue weighted by atomic mass is 14.2. The Labute approximate surface area is 63.0 Å². The van der Waals surface area contributed by atoms with Crippen molar-refractivity contribution in [3.05, 3.63) is 6.42 Å². The maximum absolute atomic E-state index is 4.95. The minimum atomic E-state index is 0.910. The van der Waals surface area contributed by atoms with Crippen LogP contribution in [0.25, 0.3) is 0 Å². The summed E-state index contributed by atoms with van der Waals surface area (Å²) < 4.78 is 0. The monoisotopic (exact) mass is 131 g/mol. The van der Waals surface area contributed by atoms with Crippen molar-refractivity contribution in [2.45, 2.75) is 25.7 Å². The van der Waals surface area contributed by atoms with Crippen LogP contribution < -0.4 is 0 Å². The van der Waals surface area contributed by atoms with E-state index in [-0.39, 0.29) is 0 Å². The highest BCUT2D eigenvalue weighted by molar-refractivity contribution is 5.21. The maximum Gasteiger partial charge on any atom is 0.00990 e. The summed E-state index contributed by atoms with van der Waals surface area (Å²) >= 11 is 0. The van der Waals surface area contributed by atoms with E-state index in [4.69, 9.17) is 6.42 Å². The summed E-state index contributed by atoms with van der Waals surface area (Å²) in [6.07, 6.45) is 12.1. The third-order valence-corrected chi connectivity index (χ3v) is 1.61. The van der Waals surface area contributed by atoms with Gasteiger partial charge in [0.25, 0.3) is 0 Å². The summed E-state index contributed by atoms with van der Waals surface area (Å²) in [7, 11) is 0. The molecule has 0 nitrogen and oxygen atoms in total.